The van der Waals surface area contributed by atoms with Crippen molar-refractivity contribution in [1.82, 2.24) is 15.2 Å². The van der Waals surface area contributed by atoms with Crippen LogP contribution >= 0.6 is 11.8 Å². The highest BCUT2D eigenvalue weighted by atomic mass is 32.2. The third-order valence-electron chi connectivity index (χ3n) is 4.02. The first-order valence-corrected chi connectivity index (χ1v) is 9.09. The van der Waals surface area contributed by atoms with E-state index in [1.807, 2.05) is 37.3 Å². The molecule has 138 valence electrons. The van der Waals surface area contributed by atoms with E-state index in [0.29, 0.717) is 16.5 Å². The van der Waals surface area contributed by atoms with E-state index in [2.05, 4.69) is 20.5 Å². The van der Waals surface area contributed by atoms with Crippen molar-refractivity contribution >= 4 is 29.0 Å². The molecule has 2 aromatic carbocycles. The molecule has 0 radical (unpaired) electrons. The second-order valence-corrected chi connectivity index (χ2v) is 6.77. The number of aromatic nitrogens is 3. The van der Waals surface area contributed by atoms with E-state index in [1.165, 1.54) is 6.07 Å². The van der Waals surface area contributed by atoms with Crippen LogP contribution in [0.3, 0.4) is 0 Å². The Morgan fingerprint density at radius 1 is 1.22 bits per heavy atom. The first-order valence-electron chi connectivity index (χ1n) is 8.11. The Kier molecular flexibility index (Phi) is 5.51. The molecule has 0 aliphatic heterocycles. The quantitative estimate of drug-likeness (QED) is 0.381. The number of carbonyl (C=O) groups excluding carboxylic acids is 1. The van der Waals surface area contributed by atoms with Gasteiger partial charge in [-0.25, -0.2) is 4.98 Å². The lowest BCUT2D eigenvalue weighted by Gasteiger charge is -2.10. The van der Waals surface area contributed by atoms with Crippen LogP contribution in [-0.2, 0) is 4.79 Å². The van der Waals surface area contributed by atoms with Crippen LogP contribution in [0.15, 0.2) is 47.6 Å². The molecular formula is C18H17N5O3S. The van der Waals surface area contributed by atoms with Crippen molar-refractivity contribution < 1.29 is 9.72 Å². The van der Waals surface area contributed by atoms with Gasteiger partial charge in [-0.15, -0.1) is 5.10 Å². The highest BCUT2D eigenvalue weighted by molar-refractivity contribution is 7.99. The summed E-state index contributed by atoms with van der Waals surface area (Å²) in [7, 11) is 0. The van der Waals surface area contributed by atoms with Crippen molar-refractivity contribution in [2.45, 2.75) is 19.0 Å². The third kappa shape index (κ3) is 4.32. The van der Waals surface area contributed by atoms with Crippen molar-refractivity contribution in [1.29, 1.82) is 0 Å². The van der Waals surface area contributed by atoms with Gasteiger partial charge in [-0.1, -0.05) is 48.2 Å². The molecule has 0 aliphatic carbocycles. The zero-order valence-corrected chi connectivity index (χ0v) is 15.5. The van der Waals surface area contributed by atoms with Gasteiger partial charge < -0.3 is 5.32 Å². The normalized spacial score (nSPS) is 10.6. The SMILES string of the molecule is Cc1ccc([N+](=O)[O-])c(NC(=O)CSc2n[nH]c(-c3ccccc3)n2)c1C. The fourth-order valence-corrected chi connectivity index (χ4v) is 3.05. The van der Waals surface area contributed by atoms with Crippen molar-refractivity contribution in [3.05, 3.63) is 63.7 Å². The van der Waals surface area contributed by atoms with Crippen molar-refractivity contribution in [2.24, 2.45) is 0 Å². The number of aryl methyl sites for hydroxylation is 1. The Labute approximate surface area is 159 Å². The summed E-state index contributed by atoms with van der Waals surface area (Å²) in [6.07, 6.45) is 0. The fourth-order valence-electron chi connectivity index (χ4n) is 2.45. The van der Waals surface area contributed by atoms with Crippen LogP contribution in [0.5, 0.6) is 0 Å². The standard InChI is InChI=1S/C18H17N5O3S/c1-11-8-9-14(23(25)26)16(12(11)2)19-15(24)10-27-18-20-17(21-22-18)13-6-4-3-5-7-13/h3-9H,10H2,1-2H3,(H,19,24)(H,20,21,22). The van der Waals surface area contributed by atoms with Crippen LogP contribution in [0.4, 0.5) is 11.4 Å². The number of hydrogen-bond donors (Lipinski definition) is 2. The van der Waals surface area contributed by atoms with Gasteiger partial charge in [0, 0.05) is 11.6 Å². The first-order chi connectivity index (χ1) is 13.0. The van der Waals surface area contributed by atoms with Gasteiger partial charge in [-0.2, -0.15) is 0 Å². The van der Waals surface area contributed by atoms with Crippen LogP contribution in [0, 0.1) is 24.0 Å². The minimum Gasteiger partial charge on any atom is -0.319 e. The molecule has 9 heteroatoms. The summed E-state index contributed by atoms with van der Waals surface area (Å²) in [5.41, 5.74) is 2.54. The van der Waals surface area contributed by atoms with Gasteiger partial charge in [0.2, 0.25) is 11.1 Å². The molecule has 27 heavy (non-hydrogen) atoms. The first kappa shape index (κ1) is 18.6. The minimum absolute atomic E-state index is 0.0383. The minimum atomic E-state index is -0.503. The largest absolute Gasteiger partial charge is 0.319 e. The summed E-state index contributed by atoms with van der Waals surface area (Å²) in [5.74, 6) is 0.294. The maximum absolute atomic E-state index is 12.3. The average molecular weight is 383 g/mol. The number of anilines is 1. The summed E-state index contributed by atoms with van der Waals surface area (Å²) in [6, 6.07) is 12.6. The van der Waals surface area contributed by atoms with Crippen LogP contribution in [0.2, 0.25) is 0 Å². The Morgan fingerprint density at radius 2 is 1.96 bits per heavy atom. The number of nitro groups is 1. The molecule has 3 rings (SSSR count). The summed E-state index contributed by atoms with van der Waals surface area (Å²) in [5, 5.41) is 21.2. The smallest absolute Gasteiger partial charge is 0.293 e. The van der Waals surface area contributed by atoms with E-state index < -0.39 is 4.92 Å². The summed E-state index contributed by atoms with van der Waals surface area (Å²) >= 11 is 1.15. The maximum Gasteiger partial charge on any atom is 0.293 e. The van der Waals surface area contributed by atoms with E-state index in [-0.39, 0.29) is 23.0 Å². The number of hydrogen-bond acceptors (Lipinski definition) is 6. The molecule has 0 spiro atoms. The van der Waals surface area contributed by atoms with Gasteiger partial charge in [-0.3, -0.25) is 20.0 Å². The summed E-state index contributed by atoms with van der Waals surface area (Å²) < 4.78 is 0. The molecule has 0 saturated carbocycles. The number of H-pyrrole nitrogens is 1. The number of benzene rings is 2. The molecule has 8 nitrogen and oxygen atoms in total. The van der Waals surface area contributed by atoms with Gasteiger partial charge in [0.1, 0.15) is 5.69 Å². The highest BCUT2D eigenvalue weighted by Crippen LogP contribution is 2.30. The molecule has 2 N–H and O–H groups in total. The lowest BCUT2D eigenvalue weighted by molar-refractivity contribution is -0.384. The van der Waals surface area contributed by atoms with Crippen molar-refractivity contribution in [3.63, 3.8) is 0 Å². The predicted molar refractivity (Wildman–Crippen MR) is 104 cm³/mol. The number of nitrogens with one attached hydrogen (secondary N) is 2. The van der Waals surface area contributed by atoms with Crippen LogP contribution < -0.4 is 5.32 Å². The molecule has 1 amide bonds. The number of carbonyl (C=O) groups is 1. The zero-order chi connectivity index (χ0) is 19.4. The van der Waals surface area contributed by atoms with Crippen LogP contribution in [-0.4, -0.2) is 31.8 Å². The highest BCUT2D eigenvalue weighted by Gasteiger charge is 2.19. The van der Waals surface area contributed by atoms with Crippen LogP contribution in [0.1, 0.15) is 11.1 Å². The Hall–Kier alpha value is -3.20. The van der Waals surface area contributed by atoms with E-state index >= 15 is 0 Å². The predicted octanol–water partition coefficient (Wildman–Crippen LogP) is 3.73. The van der Waals surface area contributed by atoms with Gasteiger partial charge >= 0.3 is 0 Å². The lowest BCUT2D eigenvalue weighted by Crippen LogP contribution is -2.16. The van der Waals surface area contributed by atoms with E-state index in [4.69, 9.17) is 0 Å². The molecular weight excluding hydrogens is 366 g/mol. The molecule has 3 aromatic rings. The Balaban J connectivity index is 1.67. The molecule has 0 fully saturated rings. The average Bonchev–Trinajstić information content (AvgIpc) is 3.13. The van der Waals surface area contributed by atoms with Crippen molar-refractivity contribution in [2.75, 3.05) is 11.1 Å². The Morgan fingerprint density at radius 3 is 2.67 bits per heavy atom. The molecule has 0 bridgehead atoms. The summed E-state index contributed by atoms with van der Waals surface area (Å²) in [6.45, 7) is 3.58. The molecule has 0 atom stereocenters. The number of aromatic amines is 1. The molecule has 0 saturated heterocycles. The Bertz CT molecular complexity index is 988. The monoisotopic (exact) mass is 383 g/mol. The van der Waals surface area contributed by atoms with Gasteiger partial charge in [0.05, 0.1) is 10.7 Å². The fraction of sp³-hybridized carbons (Fsp3) is 0.167. The lowest BCUT2D eigenvalue weighted by atomic mass is 10.1. The maximum atomic E-state index is 12.3. The van der Waals surface area contributed by atoms with E-state index in [1.54, 1.807) is 13.0 Å². The second kappa shape index (κ2) is 8.00. The van der Waals surface area contributed by atoms with Crippen LogP contribution in [0.25, 0.3) is 11.4 Å². The molecule has 1 heterocycles. The van der Waals surface area contributed by atoms with E-state index in [0.717, 1.165) is 22.9 Å². The summed E-state index contributed by atoms with van der Waals surface area (Å²) in [4.78, 5) is 27.3. The number of amides is 1. The number of thioether (sulfide) groups is 1. The van der Waals surface area contributed by atoms with Crippen molar-refractivity contribution in [3.8, 4) is 11.4 Å². The zero-order valence-electron chi connectivity index (χ0n) is 14.7. The third-order valence-corrected chi connectivity index (χ3v) is 4.87. The number of nitrogens with zero attached hydrogens (tertiary/aromatic N) is 3. The second-order valence-electron chi connectivity index (χ2n) is 5.83. The number of rotatable bonds is 6. The van der Waals surface area contributed by atoms with E-state index in [9.17, 15) is 14.9 Å². The molecule has 0 aliphatic rings. The number of nitro benzene ring substituents is 1. The molecule has 1 aromatic heterocycles. The van der Waals surface area contributed by atoms with Gasteiger partial charge in [-0.05, 0) is 25.0 Å². The van der Waals surface area contributed by atoms with Gasteiger partial charge in [0.15, 0.2) is 5.82 Å². The topological polar surface area (TPSA) is 114 Å². The molecule has 0 unspecified atom stereocenters. The van der Waals surface area contributed by atoms with Gasteiger partial charge in [0.25, 0.3) is 5.69 Å².